The van der Waals surface area contributed by atoms with Crippen LogP contribution in [0, 0.1) is 5.82 Å². The molecule has 5 nitrogen and oxygen atoms in total. The molecule has 1 aromatic heterocycles. The minimum absolute atomic E-state index is 0.0205. The first-order chi connectivity index (χ1) is 8.15. The first-order valence-corrected chi connectivity index (χ1v) is 4.71. The standard InChI is InChI=1S/C11H8FN3O2/c12-7-1-3-8(4-2-7)17-11-14-6-5-9(15-11)10(13)16/h1-6H,(H2,13,16). The number of benzene rings is 1. The zero-order valence-corrected chi connectivity index (χ0v) is 8.63. The lowest BCUT2D eigenvalue weighted by Crippen LogP contribution is -2.13. The highest BCUT2D eigenvalue weighted by Crippen LogP contribution is 2.17. The summed E-state index contributed by atoms with van der Waals surface area (Å²) in [6.07, 6.45) is 1.35. The summed E-state index contributed by atoms with van der Waals surface area (Å²) in [6.45, 7) is 0. The Balaban J connectivity index is 2.21. The smallest absolute Gasteiger partial charge is 0.322 e. The van der Waals surface area contributed by atoms with Gasteiger partial charge in [-0.3, -0.25) is 4.79 Å². The van der Waals surface area contributed by atoms with Crippen LogP contribution in [0.4, 0.5) is 4.39 Å². The molecule has 0 aliphatic carbocycles. The quantitative estimate of drug-likeness (QED) is 0.871. The van der Waals surface area contributed by atoms with Crippen molar-refractivity contribution in [1.82, 2.24) is 9.97 Å². The SMILES string of the molecule is NC(=O)c1ccnc(Oc2ccc(F)cc2)n1. The van der Waals surface area contributed by atoms with Crippen molar-refractivity contribution in [2.45, 2.75) is 0 Å². The maximum atomic E-state index is 12.6. The van der Waals surface area contributed by atoms with Crippen molar-refractivity contribution >= 4 is 5.91 Å². The third kappa shape index (κ3) is 2.75. The number of ether oxygens (including phenoxy) is 1. The monoisotopic (exact) mass is 233 g/mol. The Morgan fingerprint density at radius 2 is 1.94 bits per heavy atom. The normalized spacial score (nSPS) is 9.94. The van der Waals surface area contributed by atoms with E-state index in [1.54, 1.807) is 0 Å². The van der Waals surface area contributed by atoms with E-state index in [0.29, 0.717) is 5.75 Å². The van der Waals surface area contributed by atoms with Crippen LogP contribution >= 0.6 is 0 Å². The van der Waals surface area contributed by atoms with Crippen LogP contribution in [0.15, 0.2) is 36.5 Å². The van der Waals surface area contributed by atoms with Crippen LogP contribution < -0.4 is 10.5 Å². The molecule has 0 saturated carbocycles. The van der Waals surface area contributed by atoms with Crippen molar-refractivity contribution in [2.75, 3.05) is 0 Å². The second-order valence-corrected chi connectivity index (χ2v) is 3.14. The molecule has 0 fully saturated rings. The van der Waals surface area contributed by atoms with Crippen LogP contribution in [0.2, 0.25) is 0 Å². The molecular weight excluding hydrogens is 225 g/mol. The molecule has 2 rings (SSSR count). The summed E-state index contributed by atoms with van der Waals surface area (Å²) in [7, 11) is 0. The third-order valence-electron chi connectivity index (χ3n) is 1.91. The molecule has 1 amide bonds. The van der Waals surface area contributed by atoms with E-state index in [-0.39, 0.29) is 17.5 Å². The number of rotatable bonds is 3. The van der Waals surface area contributed by atoms with E-state index in [9.17, 15) is 9.18 Å². The molecule has 1 aromatic carbocycles. The summed E-state index contributed by atoms with van der Waals surface area (Å²) in [4.78, 5) is 18.5. The average Bonchev–Trinajstić information content (AvgIpc) is 2.32. The van der Waals surface area contributed by atoms with E-state index in [4.69, 9.17) is 10.5 Å². The Labute approximate surface area is 96.1 Å². The Morgan fingerprint density at radius 1 is 1.24 bits per heavy atom. The lowest BCUT2D eigenvalue weighted by molar-refractivity contribution is 0.0994. The Morgan fingerprint density at radius 3 is 2.59 bits per heavy atom. The van der Waals surface area contributed by atoms with Gasteiger partial charge in [-0.05, 0) is 30.3 Å². The van der Waals surface area contributed by atoms with Gasteiger partial charge >= 0.3 is 6.01 Å². The minimum Gasteiger partial charge on any atom is -0.424 e. The van der Waals surface area contributed by atoms with Crippen molar-refractivity contribution in [2.24, 2.45) is 5.73 Å². The summed E-state index contributed by atoms with van der Waals surface area (Å²) in [5, 5.41) is 0. The predicted octanol–water partition coefficient (Wildman–Crippen LogP) is 1.51. The average molecular weight is 233 g/mol. The molecule has 0 unspecified atom stereocenters. The van der Waals surface area contributed by atoms with E-state index >= 15 is 0 Å². The van der Waals surface area contributed by atoms with Gasteiger partial charge in [-0.2, -0.15) is 4.98 Å². The number of hydrogen-bond acceptors (Lipinski definition) is 4. The number of aromatic nitrogens is 2. The van der Waals surface area contributed by atoms with Gasteiger partial charge in [-0.1, -0.05) is 0 Å². The zero-order chi connectivity index (χ0) is 12.3. The molecule has 0 aliphatic heterocycles. The highest BCUT2D eigenvalue weighted by Gasteiger charge is 2.06. The zero-order valence-electron chi connectivity index (χ0n) is 8.63. The molecule has 6 heteroatoms. The van der Waals surface area contributed by atoms with E-state index in [0.717, 1.165) is 0 Å². The van der Waals surface area contributed by atoms with Crippen molar-refractivity contribution in [3.05, 3.63) is 48.0 Å². The summed E-state index contributed by atoms with van der Waals surface area (Å²) < 4.78 is 17.9. The van der Waals surface area contributed by atoms with Gasteiger partial charge in [-0.25, -0.2) is 9.37 Å². The Bertz CT molecular complexity index is 543. The van der Waals surface area contributed by atoms with Crippen molar-refractivity contribution in [3.8, 4) is 11.8 Å². The number of amides is 1. The molecule has 0 radical (unpaired) electrons. The molecule has 1 heterocycles. The van der Waals surface area contributed by atoms with Crippen LogP contribution in [0.5, 0.6) is 11.8 Å². The number of primary amides is 1. The number of carbonyl (C=O) groups excluding carboxylic acids is 1. The van der Waals surface area contributed by atoms with Crippen molar-refractivity contribution in [3.63, 3.8) is 0 Å². The van der Waals surface area contributed by atoms with Gasteiger partial charge in [0.05, 0.1) is 0 Å². The highest BCUT2D eigenvalue weighted by atomic mass is 19.1. The van der Waals surface area contributed by atoms with Gasteiger partial charge in [0, 0.05) is 6.20 Å². The fourth-order valence-electron chi connectivity index (χ4n) is 1.14. The van der Waals surface area contributed by atoms with Gasteiger partial charge in [0.25, 0.3) is 5.91 Å². The first kappa shape index (κ1) is 11.0. The molecule has 17 heavy (non-hydrogen) atoms. The highest BCUT2D eigenvalue weighted by molar-refractivity contribution is 5.90. The second kappa shape index (κ2) is 4.56. The second-order valence-electron chi connectivity index (χ2n) is 3.14. The molecule has 0 bridgehead atoms. The van der Waals surface area contributed by atoms with E-state index in [1.165, 1.54) is 36.5 Å². The molecule has 0 aliphatic rings. The molecular formula is C11H8FN3O2. The van der Waals surface area contributed by atoms with E-state index in [1.807, 2.05) is 0 Å². The minimum atomic E-state index is -0.670. The Hall–Kier alpha value is -2.50. The topological polar surface area (TPSA) is 78.1 Å². The van der Waals surface area contributed by atoms with Crippen LogP contribution in [-0.4, -0.2) is 15.9 Å². The fraction of sp³-hybridized carbons (Fsp3) is 0. The van der Waals surface area contributed by atoms with Crippen LogP contribution in [0.3, 0.4) is 0 Å². The number of hydrogen-bond donors (Lipinski definition) is 1. The lowest BCUT2D eigenvalue weighted by atomic mass is 10.3. The van der Waals surface area contributed by atoms with Crippen LogP contribution in [-0.2, 0) is 0 Å². The van der Waals surface area contributed by atoms with Gasteiger partial charge in [0.1, 0.15) is 17.3 Å². The lowest BCUT2D eigenvalue weighted by Gasteiger charge is -2.03. The van der Waals surface area contributed by atoms with Gasteiger partial charge in [0.15, 0.2) is 0 Å². The molecule has 0 spiro atoms. The molecule has 86 valence electrons. The van der Waals surface area contributed by atoms with Crippen LogP contribution in [0.1, 0.15) is 10.5 Å². The molecule has 2 aromatic rings. The summed E-state index contributed by atoms with van der Waals surface area (Å²) >= 11 is 0. The fourth-order valence-corrected chi connectivity index (χ4v) is 1.14. The van der Waals surface area contributed by atoms with Crippen molar-refractivity contribution < 1.29 is 13.9 Å². The third-order valence-corrected chi connectivity index (χ3v) is 1.91. The van der Waals surface area contributed by atoms with Crippen LogP contribution in [0.25, 0.3) is 0 Å². The predicted molar refractivity (Wildman–Crippen MR) is 57.0 cm³/mol. The number of halogens is 1. The van der Waals surface area contributed by atoms with Crippen molar-refractivity contribution in [1.29, 1.82) is 0 Å². The molecule has 0 atom stereocenters. The Kier molecular flexibility index (Phi) is 2.95. The van der Waals surface area contributed by atoms with E-state index < -0.39 is 5.91 Å². The number of carbonyl (C=O) groups is 1. The van der Waals surface area contributed by atoms with Gasteiger partial charge in [0.2, 0.25) is 0 Å². The number of nitrogens with zero attached hydrogens (tertiary/aromatic N) is 2. The summed E-state index contributed by atoms with van der Waals surface area (Å²) in [5.41, 5.74) is 5.11. The summed E-state index contributed by atoms with van der Waals surface area (Å²) in [6, 6.07) is 6.69. The van der Waals surface area contributed by atoms with E-state index in [2.05, 4.69) is 9.97 Å². The van der Waals surface area contributed by atoms with Gasteiger partial charge < -0.3 is 10.5 Å². The maximum absolute atomic E-state index is 12.6. The molecule has 2 N–H and O–H groups in total. The first-order valence-electron chi connectivity index (χ1n) is 4.71. The maximum Gasteiger partial charge on any atom is 0.322 e. The number of nitrogens with two attached hydrogens (primary N) is 1. The largest absolute Gasteiger partial charge is 0.424 e. The molecule has 0 saturated heterocycles. The van der Waals surface area contributed by atoms with Gasteiger partial charge in [-0.15, -0.1) is 0 Å². The summed E-state index contributed by atoms with van der Waals surface area (Å²) in [5.74, 6) is -0.673.